The first-order valence-corrected chi connectivity index (χ1v) is 7.16. The molecule has 1 saturated heterocycles. The Morgan fingerprint density at radius 2 is 2.10 bits per heavy atom. The predicted molar refractivity (Wildman–Crippen MR) is 76.6 cm³/mol. The lowest BCUT2D eigenvalue weighted by atomic mass is 10.2. The molecule has 2 aliphatic rings. The van der Waals surface area contributed by atoms with E-state index in [0.29, 0.717) is 44.1 Å². The summed E-state index contributed by atoms with van der Waals surface area (Å²) in [6, 6.07) is 5.35. The molecular formula is C15H18N2O4. The maximum Gasteiger partial charge on any atom is 0.229 e. The van der Waals surface area contributed by atoms with E-state index in [1.54, 1.807) is 11.8 Å². The summed E-state index contributed by atoms with van der Waals surface area (Å²) in [4.78, 5) is 25.2. The Balaban J connectivity index is 1.75. The van der Waals surface area contributed by atoms with Crippen LogP contribution in [0.3, 0.4) is 0 Å². The maximum atomic E-state index is 12.1. The first-order valence-electron chi connectivity index (χ1n) is 7.16. The zero-order valence-electron chi connectivity index (χ0n) is 11.9. The van der Waals surface area contributed by atoms with Crippen molar-refractivity contribution in [3.8, 4) is 11.5 Å². The summed E-state index contributed by atoms with van der Waals surface area (Å²) >= 11 is 0. The molecule has 1 fully saturated rings. The van der Waals surface area contributed by atoms with Gasteiger partial charge in [0.05, 0.1) is 6.04 Å². The predicted octanol–water partition coefficient (Wildman–Crippen LogP) is 1.09. The van der Waals surface area contributed by atoms with E-state index in [9.17, 15) is 9.59 Å². The van der Waals surface area contributed by atoms with Crippen LogP contribution in [0.15, 0.2) is 18.2 Å². The van der Waals surface area contributed by atoms with E-state index in [4.69, 9.17) is 9.47 Å². The third kappa shape index (κ3) is 2.79. The number of hydrogen-bond donors (Lipinski definition) is 1. The minimum atomic E-state index is -0.127. The van der Waals surface area contributed by atoms with Gasteiger partial charge in [0, 0.05) is 31.1 Å². The van der Waals surface area contributed by atoms with Crippen molar-refractivity contribution in [3.05, 3.63) is 18.2 Å². The van der Waals surface area contributed by atoms with Crippen LogP contribution in [-0.4, -0.2) is 37.6 Å². The van der Waals surface area contributed by atoms with Crippen LogP contribution >= 0.6 is 0 Å². The molecular weight excluding hydrogens is 272 g/mol. The van der Waals surface area contributed by atoms with Crippen LogP contribution in [0.25, 0.3) is 0 Å². The van der Waals surface area contributed by atoms with E-state index in [0.717, 1.165) is 5.69 Å². The molecule has 1 aromatic carbocycles. The number of anilines is 1. The number of nitrogens with zero attached hydrogens (tertiary/aromatic N) is 1. The Kier molecular flexibility index (Phi) is 3.68. The highest BCUT2D eigenvalue weighted by atomic mass is 16.6. The van der Waals surface area contributed by atoms with Gasteiger partial charge in [-0.05, 0) is 12.1 Å². The molecule has 1 aromatic rings. The fourth-order valence-electron chi connectivity index (χ4n) is 2.58. The van der Waals surface area contributed by atoms with E-state index in [2.05, 4.69) is 5.32 Å². The van der Waals surface area contributed by atoms with Gasteiger partial charge in [-0.2, -0.15) is 0 Å². The molecule has 0 aromatic heterocycles. The van der Waals surface area contributed by atoms with Gasteiger partial charge in [0.1, 0.15) is 13.2 Å². The zero-order chi connectivity index (χ0) is 14.8. The molecule has 2 amide bonds. The standard InChI is InChI=1S/C15H18N2O4/c1-2-14(18)16-10-7-15(19)17(9-10)11-3-4-12-13(8-11)21-6-5-20-12/h3-4,8,10H,2,5-7,9H2,1H3,(H,16,18)/t10-/m0/s1. The Labute approximate surface area is 123 Å². The number of carbonyl (C=O) groups is 2. The van der Waals surface area contributed by atoms with Gasteiger partial charge in [-0.3, -0.25) is 9.59 Å². The summed E-state index contributed by atoms with van der Waals surface area (Å²) in [7, 11) is 0. The molecule has 0 radical (unpaired) electrons. The first kappa shape index (κ1) is 13.7. The van der Waals surface area contributed by atoms with Crippen LogP contribution in [0, 0.1) is 0 Å². The highest BCUT2D eigenvalue weighted by Gasteiger charge is 2.32. The van der Waals surface area contributed by atoms with Gasteiger partial charge in [0.2, 0.25) is 11.8 Å². The number of carbonyl (C=O) groups excluding carboxylic acids is 2. The molecule has 0 bridgehead atoms. The maximum absolute atomic E-state index is 12.1. The molecule has 6 nitrogen and oxygen atoms in total. The van der Waals surface area contributed by atoms with Crippen molar-refractivity contribution in [2.75, 3.05) is 24.7 Å². The molecule has 3 rings (SSSR count). The molecule has 1 N–H and O–H groups in total. The van der Waals surface area contributed by atoms with Gasteiger partial charge in [0.15, 0.2) is 11.5 Å². The third-order valence-electron chi connectivity index (χ3n) is 3.65. The SMILES string of the molecule is CCC(=O)N[C@H]1CC(=O)N(c2ccc3c(c2)OCCO3)C1. The largest absolute Gasteiger partial charge is 0.486 e. The van der Waals surface area contributed by atoms with Crippen molar-refractivity contribution < 1.29 is 19.1 Å². The first-order chi connectivity index (χ1) is 10.2. The number of amides is 2. The third-order valence-corrected chi connectivity index (χ3v) is 3.65. The van der Waals surface area contributed by atoms with E-state index in [1.807, 2.05) is 18.2 Å². The Bertz CT molecular complexity index is 573. The summed E-state index contributed by atoms with van der Waals surface area (Å²) in [6.45, 7) is 3.34. The van der Waals surface area contributed by atoms with E-state index in [-0.39, 0.29) is 17.9 Å². The van der Waals surface area contributed by atoms with Crippen molar-refractivity contribution in [1.82, 2.24) is 5.32 Å². The monoisotopic (exact) mass is 290 g/mol. The van der Waals surface area contributed by atoms with Crippen molar-refractivity contribution in [1.29, 1.82) is 0 Å². The van der Waals surface area contributed by atoms with Gasteiger partial charge in [-0.25, -0.2) is 0 Å². The van der Waals surface area contributed by atoms with Crippen LogP contribution in [0.5, 0.6) is 11.5 Å². The second-order valence-corrected chi connectivity index (χ2v) is 5.15. The molecule has 2 aliphatic heterocycles. The van der Waals surface area contributed by atoms with Gasteiger partial charge in [-0.1, -0.05) is 6.92 Å². The topological polar surface area (TPSA) is 67.9 Å². The lowest BCUT2D eigenvalue weighted by Gasteiger charge is -2.22. The number of fused-ring (bicyclic) bond motifs is 1. The van der Waals surface area contributed by atoms with Crippen molar-refractivity contribution in [2.45, 2.75) is 25.8 Å². The quantitative estimate of drug-likeness (QED) is 0.905. The highest BCUT2D eigenvalue weighted by Crippen LogP contribution is 2.35. The second kappa shape index (κ2) is 5.63. The molecule has 112 valence electrons. The van der Waals surface area contributed by atoms with Crippen LogP contribution in [-0.2, 0) is 9.59 Å². The molecule has 21 heavy (non-hydrogen) atoms. The summed E-state index contributed by atoms with van der Waals surface area (Å²) < 4.78 is 11.0. The molecule has 0 saturated carbocycles. The smallest absolute Gasteiger partial charge is 0.229 e. The second-order valence-electron chi connectivity index (χ2n) is 5.15. The molecule has 2 heterocycles. The minimum absolute atomic E-state index is 0.00748. The minimum Gasteiger partial charge on any atom is -0.486 e. The molecule has 1 atom stereocenters. The average molecular weight is 290 g/mol. The number of ether oxygens (including phenoxy) is 2. The van der Waals surface area contributed by atoms with Crippen molar-refractivity contribution in [3.63, 3.8) is 0 Å². The Morgan fingerprint density at radius 1 is 1.33 bits per heavy atom. The number of hydrogen-bond acceptors (Lipinski definition) is 4. The average Bonchev–Trinajstić information content (AvgIpc) is 2.87. The van der Waals surface area contributed by atoms with Gasteiger partial charge >= 0.3 is 0 Å². The number of nitrogens with one attached hydrogen (secondary N) is 1. The summed E-state index contributed by atoms with van der Waals surface area (Å²) in [6.07, 6.45) is 0.759. The Morgan fingerprint density at radius 3 is 2.86 bits per heavy atom. The fraction of sp³-hybridized carbons (Fsp3) is 0.467. The summed E-state index contributed by atoms with van der Waals surface area (Å²) in [5.74, 6) is 1.34. The molecule has 0 unspecified atom stereocenters. The van der Waals surface area contributed by atoms with Crippen LogP contribution in [0.2, 0.25) is 0 Å². The van der Waals surface area contributed by atoms with Gasteiger partial charge in [0.25, 0.3) is 0 Å². The molecule has 6 heteroatoms. The van der Waals surface area contributed by atoms with E-state index in [1.165, 1.54) is 0 Å². The fourth-order valence-corrected chi connectivity index (χ4v) is 2.58. The zero-order valence-corrected chi connectivity index (χ0v) is 11.9. The van der Waals surface area contributed by atoms with E-state index >= 15 is 0 Å². The van der Waals surface area contributed by atoms with Gasteiger partial charge < -0.3 is 19.7 Å². The normalized spacial score (nSPS) is 20.5. The van der Waals surface area contributed by atoms with Crippen LogP contribution in [0.4, 0.5) is 5.69 Å². The van der Waals surface area contributed by atoms with Crippen LogP contribution in [0.1, 0.15) is 19.8 Å². The lowest BCUT2D eigenvalue weighted by molar-refractivity contribution is -0.121. The van der Waals surface area contributed by atoms with Crippen molar-refractivity contribution in [2.24, 2.45) is 0 Å². The lowest BCUT2D eigenvalue weighted by Crippen LogP contribution is -2.36. The summed E-state index contributed by atoms with van der Waals surface area (Å²) in [5, 5.41) is 2.86. The molecule has 0 aliphatic carbocycles. The number of rotatable bonds is 3. The molecule has 0 spiro atoms. The van der Waals surface area contributed by atoms with E-state index < -0.39 is 0 Å². The summed E-state index contributed by atoms with van der Waals surface area (Å²) in [5.41, 5.74) is 0.775. The number of benzene rings is 1. The van der Waals surface area contributed by atoms with Crippen LogP contribution < -0.4 is 19.7 Å². The van der Waals surface area contributed by atoms with Gasteiger partial charge in [-0.15, -0.1) is 0 Å². The highest BCUT2D eigenvalue weighted by molar-refractivity contribution is 5.97. The van der Waals surface area contributed by atoms with Crippen molar-refractivity contribution >= 4 is 17.5 Å². The Hall–Kier alpha value is -2.24.